The van der Waals surface area contributed by atoms with Crippen molar-refractivity contribution in [3.63, 3.8) is 0 Å². The molecule has 1 heterocycles. The van der Waals surface area contributed by atoms with Gasteiger partial charge in [0, 0.05) is 24.4 Å². The highest BCUT2D eigenvalue weighted by Crippen LogP contribution is 2.12. The fourth-order valence-corrected chi connectivity index (χ4v) is 2.78. The number of halogens is 1. The molecule has 2 rings (SSSR count). The smallest absolute Gasteiger partial charge is 0.251 e. The highest BCUT2D eigenvalue weighted by Gasteiger charge is 2.17. The summed E-state index contributed by atoms with van der Waals surface area (Å²) in [4.78, 5) is 12.2. The Hall–Kier alpha value is -1.11. The number of benzene rings is 1. The Morgan fingerprint density at radius 2 is 2.15 bits per heavy atom. The summed E-state index contributed by atoms with van der Waals surface area (Å²) in [6.07, 6.45) is 3.12. The molecule has 1 saturated heterocycles. The number of amides is 1. The largest absolute Gasteiger partial charge is 0.348 e. The monoisotopic (exact) mass is 318 g/mol. The quantitative estimate of drug-likeness (QED) is 0.871. The summed E-state index contributed by atoms with van der Waals surface area (Å²) >= 11 is 0. The summed E-state index contributed by atoms with van der Waals surface area (Å²) in [6.45, 7) is 1.74. The fourth-order valence-electron chi connectivity index (χ4n) is 2.11. The van der Waals surface area contributed by atoms with Gasteiger partial charge in [-0.05, 0) is 37.6 Å². The van der Waals surface area contributed by atoms with Crippen molar-refractivity contribution in [3.8, 4) is 0 Å². The van der Waals surface area contributed by atoms with Crippen LogP contribution < -0.4 is 10.6 Å². The first-order chi connectivity index (χ1) is 8.97. The van der Waals surface area contributed by atoms with Crippen LogP contribution in [0.2, 0.25) is 0 Å². The molecule has 1 aromatic carbocycles. The van der Waals surface area contributed by atoms with E-state index in [0.29, 0.717) is 5.56 Å². The van der Waals surface area contributed by atoms with Gasteiger partial charge in [-0.15, -0.1) is 12.4 Å². The van der Waals surface area contributed by atoms with Gasteiger partial charge in [-0.3, -0.25) is 4.79 Å². The van der Waals surface area contributed by atoms with Crippen molar-refractivity contribution in [1.82, 2.24) is 10.6 Å². The molecule has 1 aliphatic rings. The number of nitrogens with one attached hydrogen (secondary N) is 2. The zero-order valence-corrected chi connectivity index (χ0v) is 12.9. The van der Waals surface area contributed by atoms with E-state index in [0.717, 1.165) is 32.2 Å². The van der Waals surface area contributed by atoms with Crippen LogP contribution in [-0.2, 0) is 9.84 Å². The van der Waals surface area contributed by atoms with Crippen LogP contribution in [0.15, 0.2) is 29.2 Å². The van der Waals surface area contributed by atoms with Crippen LogP contribution in [0.3, 0.4) is 0 Å². The van der Waals surface area contributed by atoms with Gasteiger partial charge in [-0.1, -0.05) is 6.07 Å². The summed E-state index contributed by atoms with van der Waals surface area (Å²) in [5.74, 6) is -0.223. The highest BCUT2D eigenvalue weighted by atomic mass is 35.5. The molecule has 0 spiro atoms. The summed E-state index contributed by atoms with van der Waals surface area (Å²) in [6, 6.07) is 6.24. The Labute approximate surface area is 125 Å². The number of carbonyl (C=O) groups excluding carboxylic acids is 1. The van der Waals surface area contributed by atoms with Crippen LogP contribution in [0.5, 0.6) is 0 Å². The van der Waals surface area contributed by atoms with Crippen LogP contribution >= 0.6 is 12.4 Å². The van der Waals surface area contributed by atoms with Gasteiger partial charge < -0.3 is 10.6 Å². The lowest BCUT2D eigenvalue weighted by Crippen LogP contribution is -2.45. The van der Waals surface area contributed by atoms with Gasteiger partial charge in [0.05, 0.1) is 4.90 Å². The van der Waals surface area contributed by atoms with E-state index in [2.05, 4.69) is 10.6 Å². The second-order valence-corrected chi connectivity index (χ2v) is 6.83. The Balaban J connectivity index is 0.00000200. The van der Waals surface area contributed by atoms with E-state index in [4.69, 9.17) is 0 Å². The van der Waals surface area contributed by atoms with Crippen LogP contribution in [0.1, 0.15) is 23.2 Å². The molecule has 7 heteroatoms. The molecule has 1 fully saturated rings. The van der Waals surface area contributed by atoms with Crippen molar-refractivity contribution in [1.29, 1.82) is 0 Å². The topological polar surface area (TPSA) is 75.3 Å². The molecule has 0 saturated carbocycles. The van der Waals surface area contributed by atoms with Crippen LogP contribution in [0.4, 0.5) is 0 Å². The van der Waals surface area contributed by atoms with Crippen molar-refractivity contribution in [2.24, 2.45) is 0 Å². The Morgan fingerprint density at radius 3 is 2.75 bits per heavy atom. The number of sulfone groups is 1. The van der Waals surface area contributed by atoms with Crippen molar-refractivity contribution in [2.45, 2.75) is 23.8 Å². The lowest BCUT2D eigenvalue weighted by molar-refractivity contribution is 0.0930. The molecule has 0 aliphatic carbocycles. The van der Waals surface area contributed by atoms with Gasteiger partial charge in [0.2, 0.25) is 0 Å². The van der Waals surface area contributed by atoms with E-state index in [1.54, 1.807) is 12.1 Å². The molecular formula is C13H19ClN2O3S. The molecule has 0 aromatic heterocycles. The molecule has 2 N–H and O–H groups in total. The Kier molecular flexibility index (Phi) is 5.98. The molecule has 0 radical (unpaired) electrons. The summed E-state index contributed by atoms with van der Waals surface area (Å²) in [5.41, 5.74) is 0.383. The molecule has 1 atom stereocenters. The highest BCUT2D eigenvalue weighted by molar-refractivity contribution is 7.90. The zero-order valence-electron chi connectivity index (χ0n) is 11.3. The third-order valence-electron chi connectivity index (χ3n) is 3.16. The van der Waals surface area contributed by atoms with Gasteiger partial charge in [0.1, 0.15) is 0 Å². The zero-order chi connectivity index (χ0) is 13.9. The minimum atomic E-state index is -3.28. The first-order valence-corrected chi connectivity index (χ1v) is 8.17. The van der Waals surface area contributed by atoms with Gasteiger partial charge in [-0.25, -0.2) is 8.42 Å². The van der Waals surface area contributed by atoms with Gasteiger partial charge in [0.25, 0.3) is 5.91 Å². The molecule has 1 amide bonds. The van der Waals surface area contributed by atoms with Crippen LogP contribution in [-0.4, -0.2) is 39.7 Å². The van der Waals surface area contributed by atoms with Crippen LogP contribution in [0.25, 0.3) is 0 Å². The van der Waals surface area contributed by atoms with Crippen molar-refractivity contribution < 1.29 is 13.2 Å². The summed E-state index contributed by atoms with van der Waals surface area (Å²) < 4.78 is 22.9. The number of carbonyl (C=O) groups is 1. The predicted octanol–water partition coefficient (Wildman–Crippen LogP) is 0.994. The number of rotatable bonds is 3. The lowest BCUT2D eigenvalue weighted by Gasteiger charge is -2.23. The average Bonchev–Trinajstić information content (AvgIpc) is 2.39. The third kappa shape index (κ3) is 4.47. The second-order valence-electron chi connectivity index (χ2n) is 4.82. The number of hydrogen-bond donors (Lipinski definition) is 2. The maximum absolute atomic E-state index is 12.1. The van der Waals surface area contributed by atoms with Crippen LogP contribution in [0, 0.1) is 0 Å². The molecule has 0 unspecified atom stereocenters. The summed E-state index contributed by atoms with van der Waals surface area (Å²) in [7, 11) is -3.28. The van der Waals surface area contributed by atoms with E-state index in [-0.39, 0.29) is 29.3 Å². The predicted molar refractivity (Wildman–Crippen MR) is 80.2 cm³/mol. The van der Waals surface area contributed by atoms with Gasteiger partial charge in [0.15, 0.2) is 9.84 Å². The Bertz CT molecular complexity index is 569. The van der Waals surface area contributed by atoms with E-state index >= 15 is 0 Å². The van der Waals surface area contributed by atoms with Crippen molar-refractivity contribution >= 4 is 28.2 Å². The Morgan fingerprint density at radius 1 is 1.40 bits per heavy atom. The lowest BCUT2D eigenvalue weighted by atomic mass is 10.1. The molecule has 112 valence electrons. The van der Waals surface area contributed by atoms with Gasteiger partial charge >= 0.3 is 0 Å². The van der Waals surface area contributed by atoms with E-state index < -0.39 is 9.84 Å². The van der Waals surface area contributed by atoms with Crippen molar-refractivity contribution in [3.05, 3.63) is 29.8 Å². The SMILES string of the molecule is CS(=O)(=O)c1cccc(C(=O)N[C@H]2CCCNC2)c1.Cl. The van der Waals surface area contributed by atoms with Crippen molar-refractivity contribution in [2.75, 3.05) is 19.3 Å². The maximum atomic E-state index is 12.1. The number of hydrogen-bond acceptors (Lipinski definition) is 4. The maximum Gasteiger partial charge on any atom is 0.251 e. The van der Waals surface area contributed by atoms with E-state index in [9.17, 15) is 13.2 Å². The second kappa shape index (κ2) is 7.06. The van der Waals surface area contributed by atoms with E-state index in [1.165, 1.54) is 12.1 Å². The molecular weight excluding hydrogens is 300 g/mol. The molecule has 20 heavy (non-hydrogen) atoms. The van der Waals surface area contributed by atoms with Gasteiger partial charge in [-0.2, -0.15) is 0 Å². The summed E-state index contributed by atoms with van der Waals surface area (Å²) in [5, 5.41) is 6.13. The molecule has 0 bridgehead atoms. The molecule has 1 aliphatic heterocycles. The number of piperidine rings is 1. The standard InChI is InChI=1S/C13H18N2O3S.ClH/c1-19(17,18)12-6-2-4-10(8-12)13(16)15-11-5-3-7-14-9-11;/h2,4,6,8,11,14H,3,5,7,9H2,1H3,(H,15,16);1H/t11-;/m0./s1. The fraction of sp³-hybridized carbons (Fsp3) is 0.462. The minimum Gasteiger partial charge on any atom is -0.348 e. The van der Waals surface area contributed by atoms with E-state index in [1.807, 2.05) is 0 Å². The minimum absolute atomic E-state index is 0. The first-order valence-electron chi connectivity index (χ1n) is 6.28. The first kappa shape index (κ1) is 16.9. The molecule has 1 aromatic rings. The average molecular weight is 319 g/mol. The molecule has 5 nitrogen and oxygen atoms in total. The third-order valence-corrected chi connectivity index (χ3v) is 4.27. The normalized spacial score (nSPS) is 18.9.